The van der Waals surface area contributed by atoms with Gasteiger partial charge in [-0.25, -0.2) is 4.79 Å². The van der Waals surface area contributed by atoms with Crippen molar-refractivity contribution in [3.63, 3.8) is 0 Å². The lowest BCUT2D eigenvalue weighted by atomic mass is 10.6. The number of hydrogen-bond acceptors (Lipinski definition) is 4. The molecule has 0 spiro atoms. The molecule has 6 nitrogen and oxygen atoms in total. The minimum Gasteiger partial charge on any atom is -0.422 e. The maximum Gasteiger partial charge on any atom is 0.414 e. The highest BCUT2D eigenvalue weighted by molar-refractivity contribution is 5.83. The first kappa shape index (κ1) is 9.53. The summed E-state index contributed by atoms with van der Waals surface area (Å²) in [6, 6.07) is 1.66. The zero-order valence-corrected chi connectivity index (χ0v) is 7.48. The van der Waals surface area contributed by atoms with E-state index in [-0.39, 0.29) is 6.79 Å². The van der Waals surface area contributed by atoms with Gasteiger partial charge >= 0.3 is 6.09 Å². The molecule has 0 aromatic carbocycles. The van der Waals surface area contributed by atoms with E-state index in [1.165, 1.54) is 11.8 Å². The van der Waals surface area contributed by atoms with Gasteiger partial charge in [0.2, 0.25) is 0 Å². The molecular weight excluding hydrogens is 174 g/mol. The minimum atomic E-state index is -0.564. The Morgan fingerprint density at radius 1 is 1.77 bits per heavy atom. The summed E-state index contributed by atoms with van der Waals surface area (Å²) in [6.07, 6.45) is 1.01. The van der Waals surface area contributed by atoms with Gasteiger partial charge in [-0.15, -0.1) is 0 Å². The lowest BCUT2D eigenvalue weighted by molar-refractivity contribution is 0.0182. The van der Waals surface area contributed by atoms with Crippen LogP contribution < -0.4 is 5.32 Å². The van der Waals surface area contributed by atoms with Gasteiger partial charge in [-0.3, -0.25) is 10.00 Å². The van der Waals surface area contributed by atoms with Gasteiger partial charge in [-0.1, -0.05) is 0 Å². The maximum atomic E-state index is 11.0. The molecular formula is C7H11N3O3. The molecule has 0 aliphatic carbocycles. The molecule has 0 atom stereocenters. The molecule has 6 heteroatoms. The number of nitrogens with zero attached hydrogens (tertiary/aromatic N) is 2. The van der Waals surface area contributed by atoms with Gasteiger partial charge in [0.1, 0.15) is 5.82 Å². The summed E-state index contributed by atoms with van der Waals surface area (Å²) in [5.74, 6) is 0.570. The van der Waals surface area contributed by atoms with Crippen LogP contribution in [0.2, 0.25) is 0 Å². The zero-order valence-electron chi connectivity index (χ0n) is 7.48. The van der Waals surface area contributed by atoms with E-state index in [9.17, 15) is 4.79 Å². The van der Waals surface area contributed by atoms with Crippen molar-refractivity contribution in [3.8, 4) is 0 Å². The quantitative estimate of drug-likeness (QED) is 0.699. The Kier molecular flexibility index (Phi) is 3.27. The number of carbonyl (C=O) groups is 1. The Labute approximate surface area is 75.4 Å². The fraction of sp³-hybridized carbons (Fsp3) is 0.429. The number of hydrogen-bond donors (Lipinski definition) is 1. The number of rotatable bonds is 3. The van der Waals surface area contributed by atoms with Crippen LogP contribution in [0.5, 0.6) is 0 Å². The highest BCUT2D eigenvalue weighted by Gasteiger charge is 2.04. The van der Waals surface area contributed by atoms with Crippen molar-refractivity contribution in [3.05, 3.63) is 12.3 Å². The fourth-order valence-corrected chi connectivity index (χ4v) is 0.750. The van der Waals surface area contributed by atoms with Crippen LogP contribution in [0.25, 0.3) is 0 Å². The second kappa shape index (κ2) is 4.46. The van der Waals surface area contributed by atoms with Crippen LogP contribution in [0, 0.1) is 0 Å². The molecule has 1 amide bonds. The Hall–Kier alpha value is -1.56. The van der Waals surface area contributed by atoms with Gasteiger partial charge in [0.25, 0.3) is 0 Å². The molecule has 1 rings (SSSR count). The molecule has 0 saturated heterocycles. The molecule has 13 heavy (non-hydrogen) atoms. The van der Waals surface area contributed by atoms with Crippen LogP contribution in [0.4, 0.5) is 10.6 Å². The lowest BCUT2D eigenvalue weighted by Crippen LogP contribution is -2.16. The molecule has 0 fully saturated rings. The third kappa shape index (κ3) is 2.75. The Morgan fingerprint density at radius 3 is 3.08 bits per heavy atom. The van der Waals surface area contributed by atoms with Gasteiger partial charge in [0.05, 0.1) is 6.20 Å². The van der Waals surface area contributed by atoms with Gasteiger partial charge in [-0.2, -0.15) is 5.10 Å². The maximum absolute atomic E-state index is 11.0. The van der Waals surface area contributed by atoms with E-state index < -0.39 is 6.09 Å². The van der Waals surface area contributed by atoms with Crippen LogP contribution in [0.1, 0.15) is 0 Å². The van der Waals surface area contributed by atoms with Gasteiger partial charge < -0.3 is 9.47 Å². The third-order valence-corrected chi connectivity index (χ3v) is 1.36. The second-order valence-corrected chi connectivity index (χ2v) is 2.30. The average Bonchev–Trinajstić information content (AvgIpc) is 2.48. The standard InChI is InChI=1S/C7H11N3O3/c1-10-6(3-4-8-10)9-7(11)13-5-12-2/h3-4H,5H2,1-2H3,(H,9,11). The van der Waals surface area contributed by atoms with Crippen LogP contribution >= 0.6 is 0 Å². The van der Waals surface area contributed by atoms with Crippen LogP contribution in [-0.2, 0) is 16.5 Å². The van der Waals surface area contributed by atoms with Crippen LogP contribution in [-0.4, -0.2) is 29.8 Å². The normalized spacial score (nSPS) is 9.69. The molecule has 1 aromatic heterocycles. The zero-order chi connectivity index (χ0) is 9.68. The second-order valence-electron chi connectivity index (χ2n) is 2.30. The number of nitrogens with one attached hydrogen (secondary N) is 1. The smallest absolute Gasteiger partial charge is 0.414 e. The predicted molar refractivity (Wildman–Crippen MR) is 45.2 cm³/mol. The first-order chi connectivity index (χ1) is 6.24. The van der Waals surface area contributed by atoms with Crippen molar-refractivity contribution in [2.45, 2.75) is 0 Å². The molecule has 0 aliphatic rings. The van der Waals surface area contributed by atoms with E-state index in [1.54, 1.807) is 19.3 Å². The first-order valence-electron chi connectivity index (χ1n) is 3.64. The summed E-state index contributed by atoms with van der Waals surface area (Å²) >= 11 is 0. The van der Waals surface area contributed by atoms with Crippen molar-refractivity contribution in [2.24, 2.45) is 7.05 Å². The minimum absolute atomic E-state index is 0.0658. The predicted octanol–water partition coefficient (Wildman–Crippen LogP) is 0.573. The number of amides is 1. The summed E-state index contributed by atoms with van der Waals surface area (Å²) in [5.41, 5.74) is 0. The lowest BCUT2D eigenvalue weighted by Gasteiger charge is -2.05. The molecule has 0 unspecified atom stereocenters. The van der Waals surface area contributed by atoms with Crippen molar-refractivity contribution in [2.75, 3.05) is 19.2 Å². The van der Waals surface area contributed by atoms with E-state index in [4.69, 9.17) is 0 Å². The largest absolute Gasteiger partial charge is 0.422 e. The number of carbonyl (C=O) groups excluding carboxylic acids is 1. The molecule has 0 saturated carbocycles. The molecule has 0 aliphatic heterocycles. The average molecular weight is 185 g/mol. The van der Waals surface area contributed by atoms with E-state index in [0.717, 1.165) is 0 Å². The number of ether oxygens (including phenoxy) is 2. The monoisotopic (exact) mass is 185 g/mol. The van der Waals surface area contributed by atoms with E-state index in [0.29, 0.717) is 5.82 Å². The molecule has 1 N–H and O–H groups in total. The number of aromatic nitrogens is 2. The Bertz CT molecular complexity index is 284. The first-order valence-corrected chi connectivity index (χ1v) is 3.64. The van der Waals surface area contributed by atoms with Crippen molar-refractivity contribution < 1.29 is 14.3 Å². The van der Waals surface area contributed by atoms with Crippen molar-refractivity contribution in [1.29, 1.82) is 0 Å². The highest BCUT2D eigenvalue weighted by atomic mass is 16.7. The summed E-state index contributed by atoms with van der Waals surface area (Å²) in [7, 11) is 3.16. The third-order valence-electron chi connectivity index (χ3n) is 1.36. The Morgan fingerprint density at radius 2 is 2.54 bits per heavy atom. The molecule has 1 aromatic rings. The summed E-state index contributed by atoms with van der Waals surface area (Å²) in [5, 5.41) is 6.35. The molecule has 72 valence electrons. The van der Waals surface area contributed by atoms with Gasteiger partial charge in [0.15, 0.2) is 6.79 Å². The number of anilines is 1. The fourth-order valence-electron chi connectivity index (χ4n) is 0.750. The summed E-state index contributed by atoms with van der Waals surface area (Å²) in [4.78, 5) is 11.0. The number of methoxy groups -OCH3 is 1. The molecule has 0 bridgehead atoms. The Balaban J connectivity index is 2.41. The van der Waals surface area contributed by atoms with Crippen molar-refractivity contribution in [1.82, 2.24) is 9.78 Å². The summed E-state index contributed by atoms with van der Waals surface area (Å²) in [6.45, 7) is -0.0658. The topological polar surface area (TPSA) is 65.4 Å². The van der Waals surface area contributed by atoms with Crippen molar-refractivity contribution >= 4 is 11.9 Å². The summed E-state index contributed by atoms with van der Waals surface area (Å²) < 4.78 is 10.7. The van der Waals surface area contributed by atoms with E-state index in [1.807, 2.05) is 0 Å². The molecule has 1 heterocycles. The highest BCUT2D eigenvalue weighted by Crippen LogP contribution is 2.03. The SMILES string of the molecule is COCOC(=O)Nc1ccnn1C. The van der Waals surface area contributed by atoms with Gasteiger partial charge in [-0.05, 0) is 0 Å². The number of aryl methyl sites for hydroxylation is 1. The van der Waals surface area contributed by atoms with E-state index in [2.05, 4.69) is 19.9 Å². The van der Waals surface area contributed by atoms with E-state index >= 15 is 0 Å². The molecule has 0 radical (unpaired) electrons. The van der Waals surface area contributed by atoms with Crippen LogP contribution in [0.3, 0.4) is 0 Å². The van der Waals surface area contributed by atoms with Gasteiger partial charge in [0, 0.05) is 20.2 Å². The van der Waals surface area contributed by atoms with Crippen LogP contribution in [0.15, 0.2) is 12.3 Å².